The van der Waals surface area contributed by atoms with Crippen molar-refractivity contribution in [2.75, 3.05) is 20.2 Å². The van der Waals surface area contributed by atoms with Gasteiger partial charge < -0.3 is 9.84 Å². The molecular formula is C27H33FN4O2. The highest BCUT2D eigenvalue weighted by atomic mass is 19.1. The highest BCUT2D eigenvalue weighted by Gasteiger charge is 2.38. The Morgan fingerprint density at radius 2 is 1.76 bits per heavy atom. The second-order valence-electron chi connectivity index (χ2n) is 9.71. The Morgan fingerprint density at radius 1 is 1.03 bits per heavy atom. The molecule has 0 bridgehead atoms. The van der Waals surface area contributed by atoms with Crippen LogP contribution >= 0.6 is 0 Å². The first kappa shape index (κ1) is 23.0. The molecule has 34 heavy (non-hydrogen) atoms. The standard InChI is InChI=1S/C27H33FN4O2/c1-34-23-13-9-21(10-14-23)25-15-26(27(33)18-31(25)16-19-5-3-2-4-6-19)32-17-24(29-30-32)20-7-11-22(28)12-8-20/h7-14,17,19,25-27,33H,2-6,15-16,18H2,1H3/t25-,26+,27+/m1/s1. The average molecular weight is 465 g/mol. The molecule has 6 nitrogen and oxygen atoms in total. The fourth-order valence-corrected chi connectivity index (χ4v) is 5.58. The number of methoxy groups -OCH3 is 1. The van der Waals surface area contributed by atoms with Crippen molar-refractivity contribution in [2.45, 2.75) is 56.7 Å². The molecular weight excluding hydrogens is 431 g/mol. The summed E-state index contributed by atoms with van der Waals surface area (Å²) in [5.41, 5.74) is 2.72. The van der Waals surface area contributed by atoms with Crippen molar-refractivity contribution in [1.29, 1.82) is 0 Å². The zero-order chi connectivity index (χ0) is 23.5. The van der Waals surface area contributed by atoms with Crippen LogP contribution in [0.25, 0.3) is 11.3 Å². The highest BCUT2D eigenvalue weighted by molar-refractivity contribution is 5.57. The van der Waals surface area contributed by atoms with Gasteiger partial charge in [0.05, 0.1) is 25.5 Å². The van der Waals surface area contributed by atoms with Crippen molar-refractivity contribution in [2.24, 2.45) is 5.92 Å². The first-order valence-corrected chi connectivity index (χ1v) is 12.3. The van der Waals surface area contributed by atoms with Crippen molar-refractivity contribution < 1.29 is 14.2 Å². The van der Waals surface area contributed by atoms with Gasteiger partial charge in [-0.15, -0.1) is 5.10 Å². The van der Waals surface area contributed by atoms with Crippen molar-refractivity contribution in [3.63, 3.8) is 0 Å². The number of likely N-dealkylation sites (tertiary alicyclic amines) is 1. The van der Waals surface area contributed by atoms with Crippen molar-refractivity contribution in [3.05, 3.63) is 66.1 Å². The Kier molecular flexibility index (Phi) is 6.92. The van der Waals surface area contributed by atoms with Gasteiger partial charge in [0.2, 0.25) is 0 Å². The summed E-state index contributed by atoms with van der Waals surface area (Å²) in [4.78, 5) is 2.47. The van der Waals surface area contributed by atoms with Crippen LogP contribution in [0.2, 0.25) is 0 Å². The Hall–Kier alpha value is -2.77. The Balaban J connectivity index is 1.39. The summed E-state index contributed by atoms with van der Waals surface area (Å²) in [6, 6.07) is 14.5. The van der Waals surface area contributed by atoms with Crippen molar-refractivity contribution >= 4 is 0 Å². The van der Waals surface area contributed by atoms with Gasteiger partial charge in [-0.2, -0.15) is 0 Å². The number of piperidine rings is 1. The quantitative estimate of drug-likeness (QED) is 0.555. The predicted molar refractivity (Wildman–Crippen MR) is 129 cm³/mol. The van der Waals surface area contributed by atoms with E-state index in [9.17, 15) is 9.50 Å². The number of aromatic nitrogens is 3. The fraction of sp³-hybridized carbons (Fsp3) is 0.481. The molecule has 3 aromatic rings. The minimum Gasteiger partial charge on any atom is -0.497 e. The molecule has 5 rings (SSSR count). The molecule has 1 aliphatic heterocycles. The van der Waals surface area contributed by atoms with Crippen LogP contribution in [0.15, 0.2) is 54.7 Å². The van der Waals surface area contributed by atoms with Gasteiger partial charge in [-0.3, -0.25) is 4.90 Å². The lowest BCUT2D eigenvalue weighted by atomic mass is 9.85. The number of aliphatic hydroxyl groups is 1. The number of ether oxygens (including phenoxy) is 1. The van der Waals surface area contributed by atoms with Crippen LogP contribution in [0.3, 0.4) is 0 Å². The summed E-state index contributed by atoms with van der Waals surface area (Å²) < 4.78 is 20.5. The maximum Gasteiger partial charge on any atom is 0.123 e. The molecule has 180 valence electrons. The maximum absolute atomic E-state index is 13.3. The molecule has 3 atom stereocenters. The molecule has 2 aliphatic rings. The molecule has 0 radical (unpaired) electrons. The molecule has 1 aliphatic carbocycles. The predicted octanol–water partition coefficient (Wildman–Crippen LogP) is 5.02. The smallest absolute Gasteiger partial charge is 0.123 e. The van der Waals surface area contributed by atoms with Crippen molar-refractivity contribution in [1.82, 2.24) is 19.9 Å². The third-order valence-electron chi connectivity index (χ3n) is 7.48. The first-order valence-electron chi connectivity index (χ1n) is 12.3. The third kappa shape index (κ3) is 5.00. The van der Waals surface area contributed by atoms with Crippen LogP contribution in [0.4, 0.5) is 4.39 Å². The number of hydrogen-bond acceptors (Lipinski definition) is 5. The van der Waals surface area contributed by atoms with E-state index in [4.69, 9.17) is 4.74 Å². The monoisotopic (exact) mass is 464 g/mol. The summed E-state index contributed by atoms with van der Waals surface area (Å²) in [5, 5.41) is 19.9. The van der Waals surface area contributed by atoms with E-state index < -0.39 is 6.10 Å². The van der Waals surface area contributed by atoms with Gasteiger partial charge in [-0.25, -0.2) is 9.07 Å². The van der Waals surface area contributed by atoms with Crippen LogP contribution in [0.1, 0.15) is 56.2 Å². The van der Waals surface area contributed by atoms with E-state index in [0.717, 1.165) is 24.3 Å². The van der Waals surface area contributed by atoms with Crippen molar-refractivity contribution in [3.8, 4) is 17.0 Å². The van der Waals surface area contributed by atoms with Gasteiger partial charge in [0.15, 0.2) is 0 Å². The molecule has 2 fully saturated rings. The van der Waals surface area contributed by atoms with E-state index in [1.54, 1.807) is 23.9 Å². The first-order chi connectivity index (χ1) is 16.6. The molecule has 0 unspecified atom stereocenters. The van der Waals surface area contributed by atoms with E-state index in [1.807, 2.05) is 18.3 Å². The third-order valence-corrected chi connectivity index (χ3v) is 7.48. The molecule has 1 saturated heterocycles. The molecule has 2 heterocycles. The molecule has 7 heteroatoms. The van der Waals surface area contributed by atoms with Gasteiger partial charge in [0.1, 0.15) is 17.3 Å². The van der Waals surface area contributed by atoms with Crippen LogP contribution in [-0.4, -0.2) is 51.3 Å². The van der Waals surface area contributed by atoms with Gasteiger partial charge in [-0.1, -0.05) is 36.6 Å². The summed E-state index contributed by atoms with van der Waals surface area (Å²) in [7, 11) is 1.68. The Morgan fingerprint density at radius 3 is 2.47 bits per heavy atom. The number of halogens is 1. The zero-order valence-electron chi connectivity index (χ0n) is 19.7. The minimum absolute atomic E-state index is 0.180. The minimum atomic E-state index is -0.541. The average Bonchev–Trinajstić information content (AvgIpc) is 3.35. The number of rotatable bonds is 6. The van der Waals surface area contributed by atoms with E-state index in [-0.39, 0.29) is 17.9 Å². The molecule has 2 aromatic carbocycles. The topological polar surface area (TPSA) is 63.4 Å². The van der Waals surface area contributed by atoms with E-state index >= 15 is 0 Å². The summed E-state index contributed by atoms with van der Waals surface area (Å²) in [6.07, 6.45) is 8.57. The van der Waals surface area contributed by atoms with Gasteiger partial charge in [0.25, 0.3) is 0 Å². The molecule has 1 saturated carbocycles. The highest BCUT2D eigenvalue weighted by Crippen LogP contribution is 2.39. The molecule has 0 spiro atoms. The summed E-state index contributed by atoms with van der Waals surface area (Å²) in [5.74, 6) is 1.25. The van der Waals surface area contributed by atoms with E-state index in [2.05, 4.69) is 27.3 Å². The zero-order valence-corrected chi connectivity index (χ0v) is 19.7. The van der Waals surface area contributed by atoms with E-state index in [0.29, 0.717) is 18.2 Å². The number of aliphatic hydroxyl groups excluding tert-OH is 1. The number of β-amino-alcohol motifs (C(OH)–C–C–N with tert-alkyl or cyclic N) is 1. The lowest BCUT2D eigenvalue weighted by Gasteiger charge is -2.44. The summed E-state index contributed by atoms with van der Waals surface area (Å²) >= 11 is 0. The lowest BCUT2D eigenvalue weighted by Crippen LogP contribution is -2.48. The SMILES string of the molecule is COc1ccc([C@H]2C[C@H](n3cc(-c4ccc(F)cc4)nn3)[C@@H](O)CN2CC2CCCCC2)cc1. The van der Waals surface area contributed by atoms with Gasteiger partial charge in [0, 0.05) is 24.7 Å². The van der Waals surface area contributed by atoms with E-state index in [1.165, 1.54) is 49.8 Å². The Labute approximate surface area is 200 Å². The molecule has 0 amide bonds. The number of benzene rings is 2. The Bertz CT molecular complexity index is 1060. The van der Waals surface area contributed by atoms with Gasteiger partial charge in [-0.05, 0) is 67.1 Å². The number of nitrogens with zero attached hydrogens (tertiary/aromatic N) is 4. The number of hydrogen-bond donors (Lipinski definition) is 1. The van der Waals surface area contributed by atoms with Crippen LogP contribution in [-0.2, 0) is 0 Å². The summed E-state index contributed by atoms with van der Waals surface area (Å²) in [6.45, 7) is 1.61. The second kappa shape index (κ2) is 10.2. The fourth-order valence-electron chi connectivity index (χ4n) is 5.58. The van der Waals surface area contributed by atoms with Gasteiger partial charge >= 0.3 is 0 Å². The normalized spacial score (nSPS) is 24.3. The largest absolute Gasteiger partial charge is 0.497 e. The van der Waals surface area contributed by atoms with Crippen LogP contribution < -0.4 is 4.74 Å². The molecule has 1 N–H and O–H groups in total. The maximum atomic E-state index is 13.3. The second-order valence-corrected chi connectivity index (χ2v) is 9.71. The van der Waals surface area contributed by atoms with Crippen LogP contribution in [0.5, 0.6) is 5.75 Å². The lowest BCUT2D eigenvalue weighted by molar-refractivity contribution is -0.0181. The molecule has 1 aromatic heterocycles. The van der Waals surface area contributed by atoms with Crippen LogP contribution in [0, 0.1) is 11.7 Å².